The minimum absolute atomic E-state index is 0.0000438. The summed E-state index contributed by atoms with van der Waals surface area (Å²) in [5, 5.41) is 0. The molecule has 1 aromatic carbocycles. The number of anilines is 1. The molecule has 22 heavy (non-hydrogen) atoms. The Hall–Kier alpha value is -1.67. The minimum Gasteiger partial charge on any atom is -0.491 e. The van der Waals surface area contributed by atoms with Gasteiger partial charge in [-0.15, -0.1) is 0 Å². The zero-order valence-electron chi connectivity index (χ0n) is 11.9. The SMILES string of the molecule is CC(C)Oc1ccc(S(=O)(=O)Nc2ncc(F)cc2Br)cc1. The van der Waals surface area contributed by atoms with Crippen LogP contribution in [0.3, 0.4) is 0 Å². The topological polar surface area (TPSA) is 68.3 Å². The standard InChI is InChI=1S/C14H14BrFN2O3S/c1-9(2)21-11-3-5-12(6-4-11)22(19,20)18-14-13(15)7-10(16)8-17-14/h3-9H,1-2H3,(H,17,18). The van der Waals surface area contributed by atoms with Crippen LogP contribution in [0.4, 0.5) is 10.2 Å². The first-order valence-corrected chi connectivity index (χ1v) is 8.66. The van der Waals surface area contributed by atoms with E-state index in [-0.39, 0.29) is 21.3 Å². The van der Waals surface area contributed by atoms with Crippen LogP contribution in [0.1, 0.15) is 13.8 Å². The molecule has 0 unspecified atom stereocenters. The van der Waals surface area contributed by atoms with Crippen molar-refractivity contribution in [3.05, 3.63) is 46.8 Å². The molecule has 0 radical (unpaired) electrons. The van der Waals surface area contributed by atoms with Gasteiger partial charge in [-0.1, -0.05) is 0 Å². The van der Waals surface area contributed by atoms with E-state index in [1.807, 2.05) is 13.8 Å². The van der Waals surface area contributed by atoms with Crippen LogP contribution in [-0.4, -0.2) is 19.5 Å². The molecule has 0 spiro atoms. The van der Waals surface area contributed by atoms with E-state index in [4.69, 9.17) is 4.74 Å². The second kappa shape index (κ2) is 6.62. The fourth-order valence-corrected chi connectivity index (χ4v) is 3.23. The summed E-state index contributed by atoms with van der Waals surface area (Å²) in [4.78, 5) is 3.77. The molecule has 1 N–H and O–H groups in total. The first kappa shape index (κ1) is 16.7. The summed E-state index contributed by atoms with van der Waals surface area (Å²) in [6.45, 7) is 3.76. The quantitative estimate of drug-likeness (QED) is 0.849. The molecule has 0 saturated heterocycles. The summed E-state index contributed by atoms with van der Waals surface area (Å²) in [6.07, 6.45) is 0.933. The van der Waals surface area contributed by atoms with Crippen LogP contribution in [0, 0.1) is 5.82 Å². The second-order valence-corrected chi connectivity index (χ2v) is 7.26. The van der Waals surface area contributed by atoms with Gasteiger partial charge >= 0.3 is 0 Å². The summed E-state index contributed by atoms with van der Waals surface area (Å²) in [5.41, 5.74) is 0. The number of nitrogens with zero attached hydrogens (tertiary/aromatic N) is 1. The monoisotopic (exact) mass is 388 g/mol. The zero-order chi connectivity index (χ0) is 16.3. The van der Waals surface area contributed by atoms with Gasteiger partial charge in [-0.25, -0.2) is 17.8 Å². The third-order valence-electron chi connectivity index (χ3n) is 2.54. The van der Waals surface area contributed by atoms with Crippen molar-refractivity contribution >= 4 is 31.8 Å². The molecule has 5 nitrogen and oxygen atoms in total. The van der Waals surface area contributed by atoms with Crippen LogP contribution in [0.5, 0.6) is 5.75 Å². The maximum atomic E-state index is 13.0. The molecule has 2 aromatic rings. The van der Waals surface area contributed by atoms with Gasteiger partial charge in [0.05, 0.1) is 21.7 Å². The van der Waals surface area contributed by atoms with Gasteiger partial charge < -0.3 is 4.74 Å². The van der Waals surface area contributed by atoms with Crippen molar-refractivity contribution in [1.29, 1.82) is 0 Å². The maximum Gasteiger partial charge on any atom is 0.263 e. The highest BCUT2D eigenvalue weighted by molar-refractivity contribution is 9.10. The van der Waals surface area contributed by atoms with Gasteiger partial charge in [0, 0.05) is 0 Å². The van der Waals surface area contributed by atoms with Crippen LogP contribution in [0.15, 0.2) is 45.9 Å². The Morgan fingerprint density at radius 2 is 1.91 bits per heavy atom. The van der Waals surface area contributed by atoms with Gasteiger partial charge in [-0.2, -0.15) is 0 Å². The summed E-state index contributed by atoms with van der Waals surface area (Å²) in [5.74, 6) is 0.0314. The largest absolute Gasteiger partial charge is 0.491 e. The van der Waals surface area contributed by atoms with Crippen LogP contribution in [-0.2, 0) is 10.0 Å². The Balaban J connectivity index is 2.23. The van der Waals surface area contributed by atoms with E-state index in [0.29, 0.717) is 5.75 Å². The fraction of sp³-hybridized carbons (Fsp3) is 0.214. The number of ether oxygens (including phenoxy) is 1. The Kier molecular flexibility index (Phi) is 5.02. The smallest absolute Gasteiger partial charge is 0.263 e. The van der Waals surface area contributed by atoms with Gasteiger partial charge in [0.25, 0.3) is 10.0 Å². The third-order valence-corrected chi connectivity index (χ3v) is 4.50. The first-order valence-electron chi connectivity index (χ1n) is 6.38. The number of hydrogen-bond donors (Lipinski definition) is 1. The molecule has 0 aliphatic rings. The van der Waals surface area contributed by atoms with Crippen LogP contribution >= 0.6 is 15.9 Å². The highest BCUT2D eigenvalue weighted by Crippen LogP contribution is 2.24. The number of sulfonamides is 1. The molecule has 1 aromatic heterocycles. The lowest BCUT2D eigenvalue weighted by Gasteiger charge is -2.11. The number of benzene rings is 1. The van der Waals surface area contributed by atoms with Crippen molar-refractivity contribution in [2.24, 2.45) is 0 Å². The molecule has 0 amide bonds. The van der Waals surface area contributed by atoms with Crippen molar-refractivity contribution in [2.45, 2.75) is 24.8 Å². The predicted molar refractivity (Wildman–Crippen MR) is 84.9 cm³/mol. The number of halogens is 2. The summed E-state index contributed by atoms with van der Waals surface area (Å²) in [6, 6.07) is 7.13. The highest BCUT2D eigenvalue weighted by atomic mass is 79.9. The van der Waals surface area contributed by atoms with E-state index in [9.17, 15) is 12.8 Å². The Labute approximate surface area is 136 Å². The lowest BCUT2D eigenvalue weighted by atomic mass is 10.3. The summed E-state index contributed by atoms with van der Waals surface area (Å²) >= 11 is 3.06. The Morgan fingerprint density at radius 1 is 1.27 bits per heavy atom. The van der Waals surface area contributed by atoms with Gasteiger partial charge in [-0.05, 0) is 60.1 Å². The molecule has 0 saturated carbocycles. The van der Waals surface area contributed by atoms with Crippen molar-refractivity contribution < 1.29 is 17.5 Å². The van der Waals surface area contributed by atoms with Crippen LogP contribution in [0.2, 0.25) is 0 Å². The number of aromatic nitrogens is 1. The molecule has 1 heterocycles. The van der Waals surface area contributed by atoms with Crippen molar-refractivity contribution in [1.82, 2.24) is 4.98 Å². The van der Waals surface area contributed by atoms with E-state index in [1.165, 1.54) is 12.1 Å². The molecule has 0 aliphatic heterocycles. The lowest BCUT2D eigenvalue weighted by Crippen LogP contribution is -2.14. The van der Waals surface area contributed by atoms with E-state index in [0.717, 1.165) is 12.3 Å². The van der Waals surface area contributed by atoms with Gasteiger partial charge in [0.1, 0.15) is 11.6 Å². The lowest BCUT2D eigenvalue weighted by molar-refractivity contribution is 0.242. The number of rotatable bonds is 5. The molecule has 0 aliphatic carbocycles. The molecule has 0 fully saturated rings. The number of nitrogens with one attached hydrogen (secondary N) is 1. The molecular weight excluding hydrogens is 375 g/mol. The third kappa shape index (κ3) is 4.17. The van der Waals surface area contributed by atoms with Crippen molar-refractivity contribution in [2.75, 3.05) is 4.72 Å². The molecule has 8 heteroatoms. The Bertz CT molecular complexity index is 764. The summed E-state index contributed by atoms with van der Waals surface area (Å²) in [7, 11) is -3.81. The number of hydrogen-bond acceptors (Lipinski definition) is 4. The van der Waals surface area contributed by atoms with Crippen molar-refractivity contribution in [3.8, 4) is 5.75 Å². The average Bonchev–Trinajstić information content (AvgIpc) is 2.42. The fourth-order valence-electron chi connectivity index (χ4n) is 1.65. The zero-order valence-corrected chi connectivity index (χ0v) is 14.3. The first-order chi connectivity index (χ1) is 10.3. The second-order valence-electron chi connectivity index (χ2n) is 4.73. The molecule has 0 bridgehead atoms. The van der Waals surface area contributed by atoms with Gasteiger partial charge in [0.15, 0.2) is 5.82 Å². The normalized spacial score (nSPS) is 11.5. The van der Waals surface area contributed by atoms with E-state index >= 15 is 0 Å². The molecular formula is C14H14BrFN2O3S. The van der Waals surface area contributed by atoms with Crippen molar-refractivity contribution in [3.63, 3.8) is 0 Å². The van der Waals surface area contributed by atoms with E-state index < -0.39 is 15.8 Å². The highest BCUT2D eigenvalue weighted by Gasteiger charge is 2.17. The predicted octanol–water partition coefficient (Wildman–Crippen LogP) is 3.57. The van der Waals surface area contributed by atoms with Crippen LogP contribution in [0.25, 0.3) is 0 Å². The van der Waals surface area contributed by atoms with Gasteiger partial charge in [-0.3, -0.25) is 4.72 Å². The Morgan fingerprint density at radius 3 is 2.45 bits per heavy atom. The molecule has 0 atom stereocenters. The number of pyridine rings is 1. The summed E-state index contributed by atoms with van der Waals surface area (Å²) < 4.78 is 45.5. The van der Waals surface area contributed by atoms with E-state index in [1.54, 1.807) is 12.1 Å². The maximum absolute atomic E-state index is 13.0. The van der Waals surface area contributed by atoms with Crippen LogP contribution < -0.4 is 9.46 Å². The minimum atomic E-state index is -3.81. The van der Waals surface area contributed by atoms with Gasteiger partial charge in [0.2, 0.25) is 0 Å². The average molecular weight is 389 g/mol. The molecule has 2 rings (SSSR count). The molecule has 118 valence electrons. The van der Waals surface area contributed by atoms with E-state index in [2.05, 4.69) is 25.6 Å².